The van der Waals surface area contributed by atoms with Gasteiger partial charge in [0.2, 0.25) is 0 Å². The van der Waals surface area contributed by atoms with Crippen LogP contribution in [0, 0.1) is 5.92 Å². The number of hydrogen-bond donors (Lipinski definition) is 2. The molecule has 9 heteroatoms. The summed E-state index contributed by atoms with van der Waals surface area (Å²) in [6, 6.07) is 0.785. The third-order valence-corrected chi connectivity index (χ3v) is 8.47. The van der Waals surface area contributed by atoms with E-state index in [4.69, 9.17) is 39.0 Å². The van der Waals surface area contributed by atoms with Gasteiger partial charge in [-0.1, -0.05) is 45.4 Å². The fraction of sp³-hybridized carbons (Fsp3) is 1.00. The van der Waals surface area contributed by atoms with Gasteiger partial charge in [0.15, 0.2) is 0 Å². The highest BCUT2D eigenvalue weighted by molar-refractivity contribution is 6.60. The van der Waals surface area contributed by atoms with Crippen molar-refractivity contribution in [1.82, 2.24) is 0 Å². The Morgan fingerprint density at radius 3 is 1.52 bits per heavy atom. The lowest BCUT2D eigenvalue weighted by Crippen LogP contribution is -2.44. The molecule has 31 heavy (non-hydrogen) atoms. The van der Waals surface area contributed by atoms with E-state index >= 15 is 0 Å². The van der Waals surface area contributed by atoms with E-state index in [-0.39, 0.29) is 5.92 Å². The normalized spacial score (nSPS) is 13.1. The molecule has 0 bridgehead atoms. The Morgan fingerprint density at radius 2 is 1.10 bits per heavy atom. The van der Waals surface area contributed by atoms with Gasteiger partial charge in [-0.3, -0.25) is 0 Å². The Balaban J connectivity index is 0. The maximum absolute atomic E-state index is 5.63. The molecular weight excluding hydrogens is 416 g/mol. The molecule has 0 aliphatic rings. The summed E-state index contributed by atoms with van der Waals surface area (Å²) in [6.07, 6.45) is 11.6. The third kappa shape index (κ3) is 13.9. The summed E-state index contributed by atoms with van der Waals surface area (Å²) in [7, 11) is 7.43. The van der Waals surface area contributed by atoms with Crippen LogP contribution in [0.4, 0.5) is 0 Å². The zero-order chi connectivity index (χ0) is 24.0. The van der Waals surface area contributed by atoms with Crippen molar-refractivity contribution >= 4 is 8.80 Å². The van der Waals surface area contributed by atoms with E-state index in [0.29, 0.717) is 13.1 Å². The Hall–Kier alpha value is -0.103. The number of hydrogen-bond acceptors (Lipinski definition) is 8. The lowest BCUT2D eigenvalue weighted by Gasteiger charge is -2.36. The van der Waals surface area contributed by atoms with Crippen molar-refractivity contribution in [3.05, 3.63) is 0 Å². The van der Waals surface area contributed by atoms with Crippen molar-refractivity contribution < 1.29 is 27.5 Å². The topological polar surface area (TPSA) is 107 Å². The second kappa shape index (κ2) is 21.7. The first-order valence-corrected chi connectivity index (χ1v) is 13.6. The van der Waals surface area contributed by atoms with Crippen LogP contribution < -0.4 is 11.5 Å². The fourth-order valence-corrected chi connectivity index (χ4v) is 5.41. The summed E-state index contributed by atoms with van der Waals surface area (Å²) in [5.74, 6) is -0.685. The minimum Gasteiger partial charge on any atom is -0.377 e. The van der Waals surface area contributed by atoms with Crippen LogP contribution in [0.2, 0.25) is 6.04 Å². The van der Waals surface area contributed by atoms with Gasteiger partial charge in [-0.05, 0) is 38.8 Å². The number of methoxy groups -OCH3 is 3. The zero-order valence-electron chi connectivity index (χ0n) is 21.4. The van der Waals surface area contributed by atoms with Gasteiger partial charge < -0.3 is 39.0 Å². The van der Waals surface area contributed by atoms with Crippen molar-refractivity contribution in [2.75, 3.05) is 55.7 Å². The van der Waals surface area contributed by atoms with Crippen molar-refractivity contribution in [2.45, 2.75) is 83.1 Å². The quantitative estimate of drug-likeness (QED) is 0.157. The minimum absolute atomic E-state index is 0.234. The molecule has 190 valence electrons. The molecule has 0 aliphatic heterocycles. The smallest absolute Gasteiger partial charge is 0.377 e. The van der Waals surface area contributed by atoms with E-state index in [0.717, 1.165) is 31.7 Å². The predicted molar refractivity (Wildman–Crippen MR) is 129 cm³/mol. The third-order valence-electron chi connectivity index (χ3n) is 5.64. The van der Waals surface area contributed by atoms with E-state index in [1.807, 2.05) is 0 Å². The molecule has 0 aliphatic carbocycles. The Morgan fingerprint density at radius 1 is 0.645 bits per heavy atom. The summed E-state index contributed by atoms with van der Waals surface area (Å²) in [4.78, 5) is 0. The molecule has 0 aromatic heterocycles. The molecule has 0 heterocycles. The van der Waals surface area contributed by atoms with Crippen molar-refractivity contribution in [1.29, 1.82) is 0 Å². The first-order valence-electron chi connectivity index (χ1n) is 11.7. The number of ether oxygens (including phenoxy) is 3. The maximum Gasteiger partial charge on any atom is 0.500 e. The summed E-state index contributed by atoms with van der Waals surface area (Å²) in [5.41, 5.74) is 11.0. The second-order valence-corrected chi connectivity index (χ2v) is 10.7. The lowest BCUT2D eigenvalue weighted by atomic mass is 9.93. The van der Waals surface area contributed by atoms with Gasteiger partial charge in [-0.2, -0.15) is 0 Å². The zero-order valence-corrected chi connectivity index (χ0v) is 22.4. The maximum atomic E-state index is 5.63. The Bertz CT molecular complexity index is 355. The molecule has 0 saturated heterocycles. The number of unbranched alkanes of at least 4 members (excludes halogenated alkanes) is 5. The van der Waals surface area contributed by atoms with Crippen LogP contribution in [-0.4, -0.2) is 70.5 Å². The molecule has 0 amide bonds. The van der Waals surface area contributed by atoms with Gasteiger partial charge in [-0.15, -0.1) is 0 Å². The molecule has 0 rings (SSSR count). The highest BCUT2D eigenvalue weighted by atomic mass is 28.4. The predicted octanol–water partition coefficient (Wildman–Crippen LogP) is 3.90. The van der Waals surface area contributed by atoms with Crippen LogP contribution in [0.5, 0.6) is 0 Å². The first kappa shape index (κ1) is 33.1. The van der Waals surface area contributed by atoms with Gasteiger partial charge in [0.1, 0.15) is 0 Å². The summed E-state index contributed by atoms with van der Waals surface area (Å²) in [6.45, 7) is 3.58. The van der Waals surface area contributed by atoms with E-state index in [1.54, 1.807) is 42.7 Å². The highest BCUT2D eigenvalue weighted by Crippen LogP contribution is 2.32. The van der Waals surface area contributed by atoms with E-state index in [1.165, 1.54) is 38.5 Å². The average Bonchev–Trinajstić information content (AvgIpc) is 2.82. The van der Waals surface area contributed by atoms with Gasteiger partial charge >= 0.3 is 8.80 Å². The van der Waals surface area contributed by atoms with Crippen LogP contribution in [0.25, 0.3) is 0 Å². The molecule has 0 radical (unpaired) electrons. The van der Waals surface area contributed by atoms with Crippen molar-refractivity contribution in [2.24, 2.45) is 17.4 Å². The Kier molecular flexibility index (Phi) is 23.2. The molecule has 0 aromatic carbocycles. The molecule has 0 aromatic rings. The summed E-state index contributed by atoms with van der Waals surface area (Å²) < 4.78 is 32.0. The molecule has 8 nitrogen and oxygen atoms in total. The van der Waals surface area contributed by atoms with E-state index in [2.05, 4.69) is 6.92 Å². The van der Waals surface area contributed by atoms with E-state index < -0.39 is 14.8 Å². The average molecular weight is 469 g/mol. The largest absolute Gasteiger partial charge is 0.500 e. The molecular formula is C22H52N2O6Si. The van der Waals surface area contributed by atoms with Crippen molar-refractivity contribution in [3.8, 4) is 0 Å². The standard InChI is InChI=1S/C16H35NO3.C6H17NO3Si/c1-5-6-7-8-9-10-12-15(13-11-14-17)16(18-2,19-3)20-4;1-8-11(9-2,10-3)6-4-5-7/h15H,5-14,17H2,1-4H3;4-7H2,1-3H3. The number of rotatable bonds is 20. The van der Waals surface area contributed by atoms with Gasteiger partial charge in [0.25, 0.3) is 5.97 Å². The monoisotopic (exact) mass is 468 g/mol. The molecule has 0 saturated carbocycles. The first-order chi connectivity index (χ1) is 14.9. The van der Waals surface area contributed by atoms with Crippen LogP contribution in [0.3, 0.4) is 0 Å². The van der Waals surface area contributed by atoms with Crippen molar-refractivity contribution in [3.63, 3.8) is 0 Å². The van der Waals surface area contributed by atoms with Crippen LogP contribution >= 0.6 is 0 Å². The second-order valence-electron chi connectivity index (χ2n) is 7.59. The molecule has 0 fully saturated rings. The minimum atomic E-state index is -2.32. The van der Waals surface area contributed by atoms with E-state index in [9.17, 15) is 0 Å². The highest BCUT2D eigenvalue weighted by Gasteiger charge is 2.39. The fourth-order valence-electron chi connectivity index (χ4n) is 3.66. The molecule has 1 atom stereocenters. The van der Waals surface area contributed by atoms with Crippen LogP contribution in [0.1, 0.15) is 71.1 Å². The molecule has 4 N–H and O–H groups in total. The van der Waals surface area contributed by atoms with Gasteiger partial charge in [0.05, 0.1) is 0 Å². The summed E-state index contributed by atoms with van der Waals surface area (Å²) >= 11 is 0. The van der Waals surface area contributed by atoms with Crippen LogP contribution in [0.15, 0.2) is 0 Å². The Labute approximate surface area is 193 Å². The van der Waals surface area contributed by atoms with Crippen LogP contribution in [-0.2, 0) is 27.5 Å². The number of nitrogens with two attached hydrogens (primary N) is 2. The van der Waals surface area contributed by atoms with Gasteiger partial charge in [-0.25, -0.2) is 0 Å². The molecule has 1 unspecified atom stereocenters. The lowest BCUT2D eigenvalue weighted by molar-refractivity contribution is -0.380. The summed E-state index contributed by atoms with van der Waals surface area (Å²) in [5, 5.41) is 0. The molecule has 0 spiro atoms. The van der Waals surface area contributed by atoms with Gasteiger partial charge in [0, 0.05) is 54.6 Å². The SMILES string of the molecule is CCCCCCCCC(CCCN)C(OC)(OC)OC.CO[Si](CCCN)(OC)OC.